The molecule has 2 aliphatic rings. The summed E-state index contributed by atoms with van der Waals surface area (Å²) in [5.74, 6) is -1.68. The van der Waals surface area contributed by atoms with E-state index in [1.807, 2.05) is 24.3 Å². The molecule has 2 aromatic carbocycles. The summed E-state index contributed by atoms with van der Waals surface area (Å²) < 4.78 is 24.2. The fourth-order valence-electron chi connectivity index (χ4n) is 4.36. The summed E-state index contributed by atoms with van der Waals surface area (Å²) in [5.41, 5.74) is 2.21. The number of aliphatic hydroxyl groups is 1. The highest BCUT2D eigenvalue weighted by Crippen LogP contribution is 2.42. The van der Waals surface area contributed by atoms with Gasteiger partial charge in [0.2, 0.25) is 0 Å². The van der Waals surface area contributed by atoms with E-state index >= 15 is 0 Å². The molecule has 2 fully saturated rings. The second-order valence-electron chi connectivity index (χ2n) is 8.45. The third kappa shape index (κ3) is 3.90. The summed E-state index contributed by atoms with van der Waals surface area (Å²) in [4.78, 5) is 27.5. The first-order chi connectivity index (χ1) is 14.7. The van der Waals surface area contributed by atoms with E-state index < -0.39 is 33.6 Å². The predicted octanol–water partition coefficient (Wildman–Crippen LogP) is 3.42. The van der Waals surface area contributed by atoms with Crippen molar-refractivity contribution in [2.24, 2.45) is 0 Å². The van der Waals surface area contributed by atoms with E-state index in [1.54, 1.807) is 30.3 Å². The summed E-state index contributed by atoms with van der Waals surface area (Å²) in [5, 5.41) is 11.0. The minimum Gasteiger partial charge on any atom is -0.507 e. The Kier molecular flexibility index (Phi) is 5.47. The number of aliphatic hydroxyl groups excluding tert-OH is 1. The van der Waals surface area contributed by atoms with Crippen LogP contribution in [0.4, 0.5) is 0 Å². The Morgan fingerprint density at radius 1 is 1.03 bits per heavy atom. The van der Waals surface area contributed by atoms with Crippen molar-refractivity contribution in [2.45, 2.75) is 38.3 Å². The molecule has 0 spiro atoms. The molecule has 4 rings (SSSR count). The number of hydrogen-bond donors (Lipinski definition) is 1. The number of carbonyl (C=O) groups excluding carboxylic acids is 2. The van der Waals surface area contributed by atoms with E-state index in [2.05, 4.69) is 13.8 Å². The Morgan fingerprint density at radius 2 is 1.68 bits per heavy atom. The van der Waals surface area contributed by atoms with Crippen molar-refractivity contribution in [2.75, 3.05) is 11.5 Å². The minimum atomic E-state index is -3.27. The lowest BCUT2D eigenvalue weighted by Crippen LogP contribution is -2.40. The van der Waals surface area contributed by atoms with Gasteiger partial charge in [0.1, 0.15) is 5.76 Å². The summed E-state index contributed by atoms with van der Waals surface area (Å²) >= 11 is 0. The first-order valence-electron chi connectivity index (χ1n) is 10.4. The van der Waals surface area contributed by atoms with E-state index in [1.165, 1.54) is 4.90 Å². The van der Waals surface area contributed by atoms with E-state index in [0.717, 1.165) is 5.56 Å². The number of likely N-dealkylation sites (tertiary alicyclic amines) is 1. The highest BCUT2D eigenvalue weighted by atomic mass is 32.2. The Labute approximate surface area is 182 Å². The fraction of sp³-hybridized carbons (Fsp3) is 0.333. The molecule has 162 valence electrons. The second-order valence-corrected chi connectivity index (χ2v) is 10.7. The second kappa shape index (κ2) is 7.96. The summed E-state index contributed by atoms with van der Waals surface area (Å²) in [6.07, 6.45) is 0.279. The number of nitrogens with zero attached hydrogens (tertiary/aromatic N) is 1. The van der Waals surface area contributed by atoms with Gasteiger partial charge in [0, 0.05) is 11.6 Å². The lowest BCUT2D eigenvalue weighted by atomic mass is 9.92. The molecule has 6 nitrogen and oxygen atoms in total. The molecule has 1 N–H and O–H groups in total. The largest absolute Gasteiger partial charge is 0.507 e. The molecule has 31 heavy (non-hydrogen) atoms. The van der Waals surface area contributed by atoms with Crippen LogP contribution in [-0.2, 0) is 19.4 Å². The highest BCUT2D eigenvalue weighted by molar-refractivity contribution is 7.91. The third-order valence-corrected chi connectivity index (χ3v) is 7.80. The van der Waals surface area contributed by atoms with Crippen LogP contribution in [0.5, 0.6) is 0 Å². The lowest BCUT2D eigenvalue weighted by Gasteiger charge is -2.30. The van der Waals surface area contributed by atoms with E-state index in [0.29, 0.717) is 17.0 Å². The van der Waals surface area contributed by atoms with Gasteiger partial charge in [-0.25, -0.2) is 8.42 Å². The molecule has 2 aromatic rings. The molecule has 1 amide bonds. The number of sulfone groups is 1. The Balaban J connectivity index is 1.87. The van der Waals surface area contributed by atoms with Crippen molar-refractivity contribution in [1.29, 1.82) is 0 Å². The summed E-state index contributed by atoms with van der Waals surface area (Å²) in [7, 11) is -3.27. The molecule has 0 aliphatic carbocycles. The van der Waals surface area contributed by atoms with Crippen LogP contribution in [0.3, 0.4) is 0 Å². The van der Waals surface area contributed by atoms with Gasteiger partial charge < -0.3 is 10.0 Å². The molecule has 2 heterocycles. The van der Waals surface area contributed by atoms with Crippen LogP contribution in [0, 0.1) is 0 Å². The van der Waals surface area contributed by atoms with E-state index in [4.69, 9.17) is 0 Å². The summed E-state index contributed by atoms with van der Waals surface area (Å²) in [6.45, 7) is 4.14. The predicted molar refractivity (Wildman–Crippen MR) is 118 cm³/mol. The van der Waals surface area contributed by atoms with Crippen LogP contribution in [-0.4, -0.2) is 47.7 Å². The van der Waals surface area contributed by atoms with Gasteiger partial charge in [-0.15, -0.1) is 0 Å². The van der Waals surface area contributed by atoms with Gasteiger partial charge in [0.25, 0.3) is 11.7 Å². The highest BCUT2D eigenvalue weighted by Gasteiger charge is 2.50. The lowest BCUT2D eigenvalue weighted by molar-refractivity contribution is -0.141. The van der Waals surface area contributed by atoms with Gasteiger partial charge in [-0.2, -0.15) is 0 Å². The van der Waals surface area contributed by atoms with Crippen LogP contribution in [0.25, 0.3) is 5.76 Å². The average molecular weight is 440 g/mol. The third-order valence-electron chi connectivity index (χ3n) is 6.05. The molecule has 7 heteroatoms. The maximum absolute atomic E-state index is 13.0. The van der Waals surface area contributed by atoms with Crippen LogP contribution in [0.15, 0.2) is 60.2 Å². The number of benzene rings is 2. The monoisotopic (exact) mass is 439 g/mol. The van der Waals surface area contributed by atoms with Crippen LogP contribution < -0.4 is 0 Å². The fourth-order valence-corrected chi connectivity index (χ4v) is 6.07. The van der Waals surface area contributed by atoms with Gasteiger partial charge in [-0.05, 0) is 23.5 Å². The zero-order valence-corrected chi connectivity index (χ0v) is 18.3. The molecule has 0 saturated carbocycles. The van der Waals surface area contributed by atoms with Gasteiger partial charge in [-0.1, -0.05) is 68.4 Å². The topological polar surface area (TPSA) is 91.8 Å². The molecule has 2 saturated heterocycles. The molecule has 2 aliphatic heterocycles. The minimum absolute atomic E-state index is 0.00204. The Hall–Kier alpha value is -2.93. The van der Waals surface area contributed by atoms with Crippen molar-refractivity contribution >= 4 is 27.3 Å². The maximum atomic E-state index is 13.0. The standard InChI is InChI=1S/C24H25NO5S/c1-15(2)16-8-10-17(11-9-16)21-20(22(26)18-6-4-3-5-7-18)23(27)24(28)25(21)19-12-13-31(29,30)14-19/h3-11,15,19,21,26H,12-14H2,1-2H3/b22-20-. The van der Waals surface area contributed by atoms with Crippen LogP contribution in [0.1, 0.15) is 48.9 Å². The van der Waals surface area contributed by atoms with Gasteiger partial charge in [-0.3, -0.25) is 9.59 Å². The quantitative estimate of drug-likeness (QED) is 0.448. The van der Waals surface area contributed by atoms with Crippen molar-refractivity contribution in [3.63, 3.8) is 0 Å². The zero-order chi connectivity index (χ0) is 22.3. The normalized spacial score (nSPS) is 24.8. The van der Waals surface area contributed by atoms with Crippen LogP contribution in [0.2, 0.25) is 0 Å². The van der Waals surface area contributed by atoms with Crippen molar-refractivity contribution < 1.29 is 23.1 Å². The number of carbonyl (C=O) groups is 2. The number of Topliss-reactive ketones (excluding diaryl/α,β-unsaturated/α-hetero) is 1. The van der Waals surface area contributed by atoms with Crippen molar-refractivity contribution in [3.8, 4) is 0 Å². The average Bonchev–Trinajstić information content (AvgIpc) is 3.24. The van der Waals surface area contributed by atoms with E-state index in [-0.39, 0.29) is 29.3 Å². The van der Waals surface area contributed by atoms with Gasteiger partial charge >= 0.3 is 0 Å². The molecule has 0 bridgehead atoms. The maximum Gasteiger partial charge on any atom is 0.295 e. The van der Waals surface area contributed by atoms with E-state index in [9.17, 15) is 23.1 Å². The molecule has 0 radical (unpaired) electrons. The molecular formula is C24H25NO5S. The van der Waals surface area contributed by atoms with Gasteiger partial charge in [0.05, 0.1) is 23.1 Å². The molecular weight excluding hydrogens is 414 g/mol. The van der Waals surface area contributed by atoms with Gasteiger partial charge in [0.15, 0.2) is 9.84 Å². The van der Waals surface area contributed by atoms with Crippen molar-refractivity contribution in [3.05, 3.63) is 76.9 Å². The van der Waals surface area contributed by atoms with Crippen molar-refractivity contribution in [1.82, 2.24) is 4.90 Å². The number of hydrogen-bond acceptors (Lipinski definition) is 5. The van der Waals surface area contributed by atoms with Crippen LogP contribution >= 0.6 is 0 Å². The first kappa shape index (κ1) is 21.3. The zero-order valence-electron chi connectivity index (χ0n) is 17.5. The smallest absolute Gasteiger partial charge is 0.295 e. The Bertz CT molecular complexity index is 1150. The molecule has 0 aromatic heterocycles. The Morgan fingerprint density at radius 3 is 2.23 bits per heavy atom. The first-order valence-corrected chi connectivity index (χ1v) is 12.2. The number of rotatable bonds is 4. The SMILES string of the molecule is CC(C)c1ccc(C2/C(=C(/O)c3ccccc3)C(=O)C(=O)N2C2CCS(=O)(=O)C2)cc1. The number of ketones is 1. The summed E-state index contributed by atoms with van der Waals surface area (Å²) in [6, 6.07) is 14.7. The molecule has 2 atom stereocenters. The molecule has 2 unspecified atom stereocenters. The number of amides is 1.